The molecule has 0 aliphatic carbocycles. The van der Waals surface area contributed by atoms with E-state index < -0.39 is 0 Å². The van der Waals surface area contributed by atoms with Gasteiger partial charge in [0.2, 0.25) is 0 Å². The Hall–Kier alpha value is -0.800. The minimum atomic E-state index is 0.864. The summed E-state index contributed by atoms with van der Waals surface area (Å²) >= 11 is 3.53. The molecule has 1 aromatic rings. The molecule has 0 fully saturated rings. The van der Waals surface area contributed by atoms with E-state index in [-0.39, 0.29) is 0 Å². The van der Waals surface area contributed by atoms with Crippen LogP contribution >= 0.6 is 15.9 Å². The van der Waals surface area contributed by atoms with E-state index in [1.165, 1.54) is 16.7 Å². The van der Waals surface area contributed by atoms with Gasteiger partial charge in [-0.3, -0.25) is 0 Å². The van der Waals surface area contributed by atoms with Crippen molar-refractivity contribution in [3.05, 3.63) is 33.8 Å². The van der Waals surface area contributed by atoms with E-state index >= 15 is 0 Å². The number of anilines is 1. The zero-order valence-corrected chi connectivity index (χ0v) is 10.4. The fourth-order valence-electron chi connectivity index (χ4n) is 1.85. The quantitative estimate of drug-likeness (QED) is 0.768. The first-order chi connectivity index (χ1) is 7.20. The smallest absolute Gasteiger partial charge is 0.0537 e. The lowest BCUT2D eigenvalue weighted by Gasteiger charge is -2.17. The Balaban J connectivity index is 2.44. The molecule has 1 aliphatic rings. The average Bonchev–Trinajstić information content (AvgIpc) is 2.27. The Morgan fingerprint density at radius 1 is 1.40 bits per heavy atom. The van der Waals surface area contributed by atoms with Crippen LogP contribution in [-0.2, 0) is 0 Å². The first-order valence-electron chi connectivity index (χ1n) is 5.15. The second-order valence-corrected chi connectivity index (χ2v) is 4.63. The summed E-state index contributed by atoms with van der Waals surface area (Å²) in [7, 11) is 0. The number of hydrogen-bond acceptors (Lipinski definition) is 2. The molecule has 0 atom stereocenters. The first kappa shape index (κ1) is 10.7. The van der Waals surface area contributed by atoms with E-state index in [0.717, 1.165) is 29.7 Å². The van der Waals surface area contributed by atoms with Gasteiger partial charge in [-0.2, -0.15) is 0 Å². The Bertz CT molecular complexity index is 410. The number of rotatable bonds is 1. The maximum absolute atomic E-state index is 6.11. The van der Waals surface area contributed by atoms with Crippen LogP contribution in [0.1, 0.15) is 17.5 Å². The molecule has 80 valence electrons. The summed E-state index contributed by atoms with van der Waals surface area (Å²) in [5, 5.41) is 3.30. The van der Waals surface area contributed by atoms with E-state index in [1.807, 2.05) is 0 Å². The van der Waals surface area contributed by atoms with Crippen molar-refractivity contribution in [3.63, 3.8) is 0 Å². The van der Waals surface area contributed by atoms with Gasteiger partial charge < -0.3 is 11.1 Å². The monoisotopic (exact) mass is 266 g/mol. The maximum Gasteiger partial charge on any atom is 0.0537 e. The molecule has 0 radical (unpaired) electrons. The molecule has 1 aliphatic heterocycles. The molecule has 1 heterocycles. The SMILES string of the molecule is Cc1ccc(C2=CCNCC2)c(N)c1Br. The minimum Gasteiger partial charge on any atom is -0.397 e. The molecule has 0 saturated heterocycles. The zero-order valence-electron chi connectivity index (χ0n) is 8.81. The van der Waals surface area contributed by atoms with Crippen LogP contribution < -0.4 is 11.1 Å². The van der Waals surface area contributed by atoms with Crippen molar-refractivity contribution in [1.82, 2.24) is 5.32 Å². The Morgan fingerprint density at radius 2 is 2.20 bits per heavy atom. The van der Waals surface area contributed by atoms with Gasteiger partial charge in [-0.1, -0.05) is 18.2 Å². The highest BCUT2D eigenvalue weighted by Crippen LogP contribution is 2.32. The molecule has 3 N–H and O–H groups in total. The molecule has 2 nitrogen and oxygen atoms in total. The van der Waals surface area contributed by atoms with Crippen LogP contribution in [0.5, 0.6) is 0 Å². The lowest BCUT2D eigenvalue weighted by molar-refractivity contribution is 0.739. The van der Waals surface area contributed by atoms with Crippen LogP contribution in [0.4, 0.5) is 5.69 Å². The highest BCUT2D eigenvalue weighted by Gasteiger charge is 2.11. The molecule has 3 heteroatoms. The molecular weight excluding hydrogens is 252 g/mol. The van der Waals surface area contributed by atoms with Crippen molar-refractivity contribution in [2.75, 3.05) is 18.8 Å². The van der Waals surface area contributed by atoms with Crippen LogP contribution in [0.3, 0.4) is 0 Å². The number of benzene rings is 1. The number of nitrogens with two attached hydrogens (primary N) is 1. The normalized spacial score (nSPS) is 16.3. The molecule has 0 aromatic heterocycles. The highest BCUT2D eigenvalue weighted by atomic mass is 79.9. The Morgan fingerprint density at radius 3 is 2.87 bits per heavy atom. The van der Waals surface area contributed by atoms with Gasteiger partial charge in [0.15, 0.2) is 0 Å². The molecule has 15 heavy (non-hydrogen) atoms. The largest absolute Gasteiger partial charge is 0.397 e. The summed E-state index contributed by atoms with van der Waals surface area (Å²) in [6, 6.07) is 4.23. The van der Waals surface area contributed by atoms with Gasteiger partial charge in [0.1, 0.15) is 0 Å². The van der Waals surface area contributed by atoms with Crippen LogP contribution in [-0.4, -0.2) is 13.1 Å². The summed E-state index contributed by atoms with van der Waals surface area (Å²) in [6.07, 6.45) is 3.27. The lowest BCUT2D eigenvalue weighted by Crippen LogP contribution is -2.20. The molecule has 0 saturated carbocycles. The van der Waals surface area contributed by atoms with Gasteiger partial charge in [-0.15, -0.1) is 0 Å². The molecule has 0 unspecified atom stereocenters. The van der Waals surface area contributed by atoms with Gasteiger partial charge in [0.05, 0.1) is 5.69 Å². The van der Waals surface area contributed by atoms with Gasteiger partial charge in [0.25, 0.3) is 0 Å². The summed E-state index contributed by atoms with van der Waals surface area (Å²) in [5.41, 5.74) is 10.7. The van der Waals surface area contributed by atoms with Gasteiger partial charge in [-0.05, 0) is 47.0 Å². The Kier molecular flexibility index (Phi) is 3.12. The Labute approximate surface area is 98.7 Å². The van der Waals surface area contributed by atoms with Crippen molar-refractivity contribution < 1.29 is 0 Å². The summed E-state index contributed by atoms with van der Waals surface area (Å²) in [6.45, 7) is 4.04. The molecular formula is C12H15BrN2. The van der Waals surface area contributed by atoms with Crippen LogP contribution in [0, 0.1) is 6.92 Å². The standard InChI is InChI=1S/C12H15BrN2/c1-8-2-3-10(12(14)11(8)13)9-4-6-15-7-5-9/h2-4,15H,5-7,14H2,1H3. The maximum atomic E-state index is 6.11. The van der Waals surface area contributed by atoms with Crippen molar-refractivity contribution >= 4 is 27.2 Å². The van der Waals surface area contributed by atoms with E-state index in [9.17, 15) is 0 Å². The van der Waals surface area contributed by atoms with E-state index in [2.05, 4.69) is 46.4 Å². The van der Waals surface area contributed by atoms with Crippen LogP contribution in [0.2, 0.25) is 0 Å². The predicted octanol–water partition coefficient (Wildman–Crippen LogP) is 2.72. The predicted molar refractivity (Wildman–Crippen MR) is 68.8 cm³/mol. The number of halogens is 1. The summed E-state index contributed by atoms with van der Waals surface area (Å²) in [5.74, 6) is 0. The lowest BCUT2D eigenvalue weighted by atomic mass is 9.97. The van der Waals surface area contributed by atoms with Gasteiger partial charge in [0, 0.05) is 16.6 Å². The third-order valence-electron chi connectivity index (χ3n) is 2.78. The topological polar surface area (TPSA) is 38.0 Å². The summed E-state index contributed by atoms with van der Waals surface area (Å²) in [4.78, 5) is 0. The van der Waals surface area contributed by atoms with Crippen molar-refractivity contribution in [2.24, 2.45) is 0 Å². The second-order valence-electron chi connectivity index (χ2n) is 3.84. The first-order valence-corrected chi connectivity index (χ1v) is 5.94. The fraction of sp³-hybridized carbons (Fsp3) is 0.333. The number of nitrogens with one attached hydrogen (secondary N) is 1. The second kappa shape index (κ2) is 4.37. The van der Waals surface area contributed by atoms with E-state index in [1.54, 1.807) is 0 Å². The number of hydrogen-bond donors (Lipinski definition) is 2. The van der Waals surface area contributed by atoms with Crippen LogP contribution in [0.15, 0.2) is 22.7 Å². The fourth-order valence-corrected chi connectivity index (χ4v) is 2.19. The highest BCUT2D eigenvalue weighted by molar-refractivity contribution is 9.10. The van der Waals surface area contributed by atoms with Crippen molar-refractivity contribution in [1.29, 1.82) is 0 Å². The number of aryl methyl sites for hydroxylation is 1. The van der Waals surface area contributed by atoms with Gasteiger partial charge in [-0.25, -0.2) is 0 Å². The number of nitrogen functional groups attached to an aromatic ring is 1. The third-order valence-corrected chi connectivity index (χ3v) is 3.84. The van der Waals surface area contributed by atoms with Crippen molar-refractivity contribution in [3.8, 4) is 0 Å². The molecule has 2 rings (SSSR count). The molecule has 0 amide bonds. The van der Waals surface area contributed by atoms with Crippen LogP contribution in [0.25, 0.3) is 5.57 Å². The van der Waals surface area contributed by atoms with Crippen molar-refractivity contribution in [2.45, 2.75) is 13.3 Å². The van der Waals surface area contributed by atoms with E-state index in [0.29, 0.717) is 0 Å². The van der Waals surface area contributed by atoms with E-state index in [4.69, 9.17) is 5.73 Å². The minimum absolute atomic E-state index is 0.864. The zero-order chi connectivity index (χ0) is 10.8. The summed E-state index contributed by atoms with van der Waals surface area (Å²) < 4.78 is 1.03. The average molecular weight is 267 g/mol. The van der Waals surface area contributed by atoms with Gasteiger partial charge >= 0.3 is 0 Å². The molecule has 1 aromatic carbocycles. The third kappa shape index (κ3) is 2.08. The molecule has 0 spiro atoms. The molecule has 0 bridgehead atoms.